The molecule has 0 atom stereocenters. The summed E-state index contributed by atoms with van der Waals surface area (Å²) in [6, 6.07) is 13.1. The molecule has 0 aromatic heterocycles. The number of amides is 2. The maximum Gasteiger partial charge on any atom is 0.283 e. The maximum absolute atomic E-state index is 12.8. The van der Waals surface area contributed by atoms with Gasteiger partial charge in [-0.15, -0.1) is 0 Å². The molecule has 0 saturated carbocycles. The third-order valence-electron chi connectivity index (χ3n) is 3.95. The maximum atomic E-state index is 12.8. The molecular weight excluding hydrogens is 324 g/mol. The predicted octanol–water partition coefficient (Wildman–Crippen LogP) is 4.05. The van der Waals surface area contributed by atoms with Crippen LogP contribution < -0.4 is 10.2 Å². The standard InChI is InChI=1S/C19H17ClN2O2/c1-11-5-8-14(9-6-11)21-17-16(20)18(23)22(19(17)24)15-10-12(2)4-7-13(15)3/h4-10,21H,1-3H3. The summed E-state index contributed by atoms with van der Waals surface area (Å²) >= 11 is 6.15. The molecule has 2 aromatic carbocycles. The highest BCUT2D eigenvalue weighted by Gasteiger charge is 2.39. The number of hydrogen-bond acceptors (Lipinski definition) is 3. The molecule has 2 aromatic rings. The van der Waals surface area contributed by atoms with E-state index in [2.05, 4.69) is 5.32 Å². The molecule has 0 bridgehead atoms. The second kappa shape index (κ2) is 6.13. The average molecular weight is 341 g/mol. The van der Waals surface area contributed by atoms with E-state index in [1.165, 1.54) is 0 Å². The number of anilines is 2. The topological polar surface area (TPSA) is 49.4 Å². The Labute approximate surface area is 145 Å². The zero-order valence-corrected chi connectivity index (χ0v) is 14.4. The molecule has 0 spiro atoms. The monoisotopic (exact) mass is 340 g/mol. The van der Waals surface area contributed by atoms with E-state index in [0.29, 0.717) is 11.4 Å². The number of nitrogens with zero attached hydrogens (tertiary/aromatic N) is 1. The van der Waals surface area contributed by atoms with Gasteiger partial charge in [-0.25, -0.2) is 4.90 Å². The van der Waals surface area contributed by atoms with Crippen molar-refractivity contribution in [2.45, 2.75) is 20.8 Å². The lowest BCUT2D eigenvalue weighted by Gasteiger charge is -2.18. The Hall–Kier alpha value is -2.59. The van der Waals surface area contributed by atoms with Crippen molar-refractivity contribution < 1.29 is 9.59 Å². The summed E-state index contributed by atoms with van der Waals surface area (Å²) in [5, 5.41) is 2.87. The van der Waals surface area contributed by atoms with Crippen LogP contribution in [0.2, 0.25) is 0 Å². The van der Waals surface area contributed by atoms with Crippen LogP contribution in [0, 0.1) is 20.8 Å². The number of aryl methyl sites for hydroxylation is 3. The van der Waals surface area contributed by atoms with Crippen LogP contribution in [0.3, 0.4) is 0 Å². The molecule has 1 aliphatic heterocycles. The lowest BCUT2D eigenvalue weighted by molar-refractivity contribution is -0.120. The molecule has 122 valence electrons. The summed E-state index contributed by atoms with van der Waals surface area (Å²) in [5.41, 5.74) is 4.27. The third kappa shape index (κ3) is 2.81. The Morgan fingerprint density at radius 2 is 1.50 bits per heavy atom. The van der Waals surface area contributed by atoms with Gasteiger partial charge in [-0.05, 0) is 50.1 Å². The quantitative estimate of drug-likeness (QED) is 0.858. The van der Waals surface area contributed by atoms with Crippen LogP contribution in [0.15, 0.2) is 53.2 Å². The summed E-state index contributed by atoms with van der Waals surface area (Å²) in [4.78, 5) is 26.4. The van der Waals surface area contributed by atoms with Gasteiger partial charge in [0.2, 0.25) is 0 Å². The minimum absolute atomic E-state index is 0.0959. The average Bonchev–Trinajstić information content (AvgIpc) is 2.76. The Morgan fingerprint density at radius 1 is 0.875 bits per heavy atom. The lowest BCUT2D eigenvalue weighted by Crippen LogP contribution is -2.32. The fourth-order valence-corrected chi connectivity index (χ4v) is 2.78. The summed E-state index contributed by atoms with van der Waals surface area (Å²) in [6.45, 7) is 5.74. The Bertz CT molecular complexity index is 869. The van der Waals surface area contributed by atoms with Gasteiger partial charge in [-0.2, -0.15) is 0 Å². The van der Waals surface area contributed by atoms with Crippen molar-refractivity contribution in [1.82, 2.24) is 0 Å². The Balaban J connectivity index is 1.95. The molecule has 3 rings (SSSR count). The van der Waals surface area contributed by atoms with Gasteiger partial charge < -0.3 is 5.32 Å². The zero-order valence-electron chi connectivity index (χ0n) is 13.7. The van der Waals surface area contributed by atoms with Crippen LogP contribution in [0.4, 0.5) is 11.4 Å². The first kappa shape index (κ1) is 16.3. The lowest BCUT2D eigenvalue weighted by atomic mass is 10.1. The van der Waals surface area contributed by atoms with E-state index in [9.17, 15) is 9.59 Å². The number of halogens is 1. The van der Waals surface area contributed by atoms with Gasteiger partial charge in [-0.1, -0.05) is 41.4 Å². The van der Waals surface area contributed by atoms with E-state index < -0.39 is 11.8 Å². The molecule has 1 N–H and O–H groups in total. The van der Waals surface area contributed by atoms with E-state index in [1.54, 1.807) is 0 Å². The van der Waals surface area contributed by atoms with Gasteiger partial charge >= 0.3 is 0 Å². The largest absolute Gasteiger partial charge is 0.350 e. The van der Waals surface area contributed by atoms with Gasteiger partial charge in [0.1, 0.15) is 10.7 Å². The number of carbonyl (C=O) groups excluding carboxylic acids is 2. The molecule has 0 saturated heterocycles. The molecule has 0 radical (unpaired) electrons. The number of nitrogens with one attached hydrogen (secondary N) is 1. The highest BCUT2D eigenvalue weighted by Crippen LogP contribution is 2.32. The zero-order chi connectivity index (χ0) is 17.4. The number of hydrogen-bond donors (Lipinski definition) is 1. The van der Waals surface area contributed by atoms with Gasteiger partial charge in [-0.3, -0.25) is 9.59 Å². The fourth-order valence-electron chi connectivity index (χ4n) is 2.57. The molecule has 1 heterocycles. The first-order valence-electron chi connectivity index (χ1n) is 7.58. The summed E-state index contributed by atoms with van der Waals surface area (Å²) in [7, 11) is 0. The van der Waals surface area contributed by atoms with Gasteiger partial charge in [0, 0.05) is 5.69 Å². The molecule has 24 heavy (non-hydrogen) atoms. The molecule has 0 aliphatic carbocycles. The van der Waals surface area contributed by atoms with E-state index in [1.807, 2.05) is 63.2 Å². The van der Waals surface area contributed by atoms with Crippen LogP contribution >= 0.6 is 11.6 Å². The molecule has 2 amide bonds. The van der Waals surface area contributed by atoms with Gasteiger partial charge in [0.25, 0.3) is 11.8 Å². The van der Waals surface area contributed by atoms with E-state index in [-0.39, 0.29) is 10.7 Å². The predicted molar refractivity (Wildman–Crippen MR) is 96.1 cm³/mol. The molecule has 0 unspecified atom stereocenters. The number of rotatable bonds is 3. The molecular formula is C19H17ClN2O2. The molecule has 5 heteroatoms. The smallest absolute Gasteiger partial charge is 0.283 e. The van der Waals surface area contributed by atoms with Crippen molar-refractivity contribution in [3.05, 3.63) is 69.9 Å². The Kier molecular flexibility index (Phi) is 4.16. The van der Waals surface area contributed by atoms with E-state index >= 15 is 0 Å². The SMILES string of the molecule is Cc1ccc(NC2=C(Cl)C(=O)N(c3cc(C)ccc3C)C2=O)cc1. The summed E-state index contributed by atoms with van der Waals surface area (Å²) in [6.07, 6.45) is 0. The molecule has 1 aliphatic rings. The first-order chi connectivity index (χ1) is 11.4. The van der Waals surface area contributed by atoms with Gasteiger partial charge in [0.15, 0.2) is 0 Å². The summed E-state index contributed by atoms with van der Waals surface area (Å²) in [5.74, 6) is -0.954. The number of carbonyl (C=O) groups is 2. The first-order valence-corrected chi connectivity index (χ1v) is 7.96. The number of benzene rings is 2. The normalized spacial score (nSPS) is 14.6. The minimum Gasteiger partial charge on any atom is -0.350 e. The molecule has 4 nitrogen and oxygen atoms in total. The van der Waals surface area contributed by atoms with Crippen molar-refractivity contribution in [1.29, 1.82) is 0 Å². The Morgan fingerprint density at radius 3 is 2.17 bits per heavy atom. The van der Waals surface area contributed by atoms with E-state index in [4.69, 9.17) is 11.6 Å². The van der Waals surface area contributed by atoms with Crippen molar-refractivity contribution >= 4 is 34.8 Å². The summed E-state index contributed by atoms with van der Waals surface area (Å²) < 4.78 is 0. The van der Waals surface area contributed by atoms with Gasteiger partial charge in [0.05, 0.1) is 5.69 Å². The van der Waals surface area contributed by atoms with Crippen molar-refractivity contribution in [2.24, 2.45) is 0 Å². The van der Waals surface area contributed by atoms with Crippen LogP contribution in [-0.4, -0.2) is 11.8 Å². The second-order valence-electron chi connectivity index (χ2n) is 5.92. The highest BCUT2D eigenvalue weighted by atomic mass is 35.5. The van der Waals surface area contributed by atoms with Crippen molar-refractivity contribution in [2.75, 3.05) is 10.2 Å². The van der Waals surface area contributed by atoms with Crippen LogP contribution in [0.1, 0.15) is 16.7 Å². The second-order valence-corrected chi connectivity index (χ2v) is 6.29. The van der Waals surface area contributed by atoms with Crippen LogP contribution in [0.25, 0.3) is 0 Å². The van der Waals surface area contributed by atoms with Crippen LogP contribution in [-0.2, 0) is 9.59 Å². The number of imide groups is 1. The van der Waals surface area contributed by atoms with Crippen molar-refractivity contribution in [3.8, 4) is 0 Å². The molecule has 0 fully saturated rings. The minimum atomic E-state index is -0.509. The fraction of sp³-hybridized carbons (Fsp3) is 0.158. The highest BCUT2D eigenvalue weighted by molar-refractivity contribution is 6.53. The van der Waals surface area contributed by atoms with E-state index in [0.717, 1.165) is 21.6 Å². The van der Waals surface area contributed by atoms with Crippen molar-refractivity contribution in [3.63, 3.8) is 0 Å². The van der Waals surface area contributed by atoms with Crippen LogP contribution in [0.5, 0.6) is 0 Å². The third-order valence-corrected chi connectivity index (χ3v) is 4.30.